The van der Waals surface area contributed by atoms with Gasteiger partial charge in [-0.1, -0.05) is 6.07 Å². The molecular formula is C19H28N2O2. The fourth-order valence-electron chi connectivity index (χ4n) is 3.52. The summed E-state index contributed by atoms with van der Waals surface area (Å²) in [6.45, 7) is 9.38. The molecule has 1 aromatic carbocycles. The quantitative estimate of drug-likeness (QED) is 0.841. The lowest BCUT2D eigenvalue weighted by Crippen LogP contribution is -2.50. The summed E-state index contributed by atoms with van der Waals surface area (Å²) < 4.78 is 5.48. The smallest absolute Gasteiger partial charge is 0.225 e. The average molecular weight is 316 g/mol. The van der Waals surface area contributed by atoms with E-state index in [-0.39, 0.29) is 5.92 Å². The highest BCUT2D eigenvalue weighted by molar-refractivity contribution is 5.79. The van der Waals surface area contributed by atoms with Crippen LogP contribution in [0.4, 0.5) is 5.69 Å². The van der Waals surface area contributed by atoms with Crippen LogP contribution in [0.3, 0.4) is 0 Å². The Balaban J connectivity index is 1.57. The monoisotopic (exact) mass is 316 g/mol. The van der Waals surface area contributed by atoms with Gasteiger partial charge in [-0.05, 0) is 56.4 Å². The Morgan fingerprint density at radius 3 is 2.57 bits per heavy atom. The van der Waals surface area contributed by atoms with E-state index in [0.717, 1.165) is 58.7 Å². The molecule has 4 nitrogen and oxygen atoms in total. The first kappa shape index (κ1) is 16.3. The number of rotatable bonds is 2. The number of carbonyl (C=O) groups excluding carboxylic acids is 1. The van der Waals surface area contributed by atoms with E-state index in [9.17, 15) is 4.79 Å². The second kappa shape index (κ2) is 7.35. The van der Waals surface area contributed by atoms with Gasteiger partial charge in [0.25, 0.3) is 0 Å². The summed E-state index contributed by atoms with van der Waals surface area (Å²) >= 11 is 0. The minimum absolute atomic E-state index is 0.172. The first-order valence-electron chi connectivity index (χ1n) is 8.84. The molecule has 1 atom stereocenters. The van der Waals surface area contributed by atoms with Crippen molar-refractivity contribution in [3.05, 3.63) is 29.3 Å². The van der Waals surface area contributed by atoms with E-state index >= 15 is 0 Å². The minimum atomic E-state index is 0.172. The Bertz CT molecular complexity index is 542. The van der Waals surface area contributed by atoms with E-state index in [1.807, 2.05) is 0 Å². The topological polar surface area (TPSA) is 32.8 Å². The largest absolute Gasteiger partial charge is 0.381 e. The molecule has 0 spiro atoms. The van der Waals surface area contributed by atoms with E-state index in [2.05, 4.69) is 41.8 Å². The van der Waals surface area contributed by atoms with Gasteiger partial charge >= 0.3 is 0 Å². The van der Waals surface area contributed by atoms with Gasteiger partial charge in [0.2, 0.25) is 5.91 Å². The molecule has 2 heterocycles. The summed E-state index contributed by atoms with van der Waals surface area (Å²) in [7, 11) is 0. The molecule has 1 aromatic rings. The Morgan fingerprint density at radius 2 is 1.83 bits per heavy atom. The van der Waals surface area contributed by atoms with Crippen LogP contribution < -0.4 is 4.90 Å². The van der Waals surface area contributed by atoms with Crippen molar-refractivity contribution in [3.8, 4) is 0 Å². The second-order valence-corrected chi connectivity index (χ2v) is 6.82. The third-order valence-corrected chi connectivity index (χ3v) is 5.25. The highest BCUT2D eigenvalue weighted by Gasteiger charge is 2.28. The van der Waals surface area contributed by atoms with Crippen LogP contribution in [0.5, 0.6) is 0 Å². The summed E-state index contributed by atoms with van der Waals surface area (Å²) in [6.07, 6.45) is 2.88. The zero-order valence-corrected chi connectivity index (χ0v) is 14.4. The number of hydrogen-bond donors (Lipinski definition) is 0. The highest BCUT2D eigenvalue weighted by Crippen LogP contribution is 2.23. The molecule has 4 heteroatoms. The predicted octanol–water partition coefficient (Wildman–Crippen LogP) is 2.77. The van der Waals surface area contributed by atoms with Crippen LogP contribution in [-0.4, -0.2) is 50.2 Å². The maximum Gasteiger partial charge on any atom is 0.225 e. The standard InChI is InChI=1S/C19H28N2O2/c1-15-5-6-18(14-16(15)2)20-8-10-21(11-9-20)19(22)17-4-3-12-23-13-7-17/h5-6,14,17H,3-4,7-13H2,1-2H3. The van der Waals surface area contributed by atoms with Crippen molar-refractivity contribution >= 4 is 11.6 Å². The molecule has 1 unspecified atom stereocenters. The number of anilines is 1. The lowest BCUT2D eigenvalue weighted by Gasteiger charge is -2.37. The first-order chi connectivity index (χ1) is 11.1. The van der Waals surface area contributed by atoms with Crippen LogP contribution in [0, 0.1) is 19.8 Å². The SMILES string of the molecule is Cc1ccc(N2CCN(C(=O)C3CCCOCC3)CC2)cc1C. The normalized spacial score (nSPS) is 22.8. The molecular weight excluding hydrogens is 288 g/mol. The molecule has 2 aliphatic heterocycles. The molecule has 0 bridgehead atoms. The first-order valence-corrected chi connectivity index (χ1v) is 8.84. The van der Waals surface area contributed by atoms with Gasteiger partial charge in [0.15, 0.2) is 0 Å². The van der Waals surface area contributed by atoms with E-state index in [1.165, 1.54) is 16.8 Å². The maximum atomic E-state index is 12.7. The number of piperazine rings is 1. The summed E-state index contributed by atoms with van der Waals surface area (Å²) in [5.41, 5.74) is 3.95. The molecule has 2 fully saturated rings. The molecule has 0 N–H and O–H groups in total. The van der Waals surface area contributed by atoms with Crippen molar-refractivity contribution in [2.45, 2.75) is 33.1 Å². The van der Waals surface area contributed by atoms with Gasteiger partial charge in [-0.15, -0.1) is 0 Å². The molecule has 0 saturated carbocycles. The number of hydrogen-bond acceptors (Lipinski definition) is 3. The Labute approximate surface area is 139 Å². The lowest BCUT2D eigenvalue weighted by atomic mass is 9.98. The van der Waals surface area contributed by atoms with Crippen molar-refractivity contribution in [2.75, 3.05) is 44.3 Å². The molecule has 3 rings (SSSR count). The Hall–Kier alpha value is -1.55. The van der Waals surface area contributed by atoms with Gasteiger partial charge in [-0.3, -0.25) is 4.79 Å². The number of amides is 1. The summed E-state index contributed by atoms with van der Waals surface area (Å²) in [5.74, 6) is 0.515. The zero-order chi connectivity index (χ0) is 16.2. The maximum absolute atomic E-state index is 12.7. The third kappa shape index (κ3) is 3.86. The molecule has 1 amide bonds. The van der Waals surface area contributed by atoms with E-state index < -0.39 is 0 Å². The number of ether oxygens (including phenoxy) is 1. The van der Waals surface area contributed by atoms with Gasteiger partial charge in [-0.2, -0.15) is 0 Å². The summed E-state index contributed by atoms with van der Waals surface area (Å²) in [5, 5.41) is 0. The Kier molecular flexibility index (Phi) is 5.21. The lowest BCUT2D eigenvalue weighted by molar-refractivity contribution is -0.136. The Morgan fingerprint density at radius 1 is 1.04 bits per heavy atom. The van der Waals surface area contributed by atoms with Crippen LogP contribution in [0.15, 0.2) is 18.2 Å². The number of nitrogens with zero attached hydrogens (tertiary/aromatic N) is 2. The average Bonchev–Trinajstić information content (AvgIpc) is 2.86. The van der Waals surface area contributed by atoms with Crippen LogP contribution >= 0.6 is 0 Å². The van der Waals surface area contributed by atoms with E-state index in [0.29, 0.717) is 5.91 Å². The number of benzene rings is 1. The summed E-state index contributed by atoms with van der Waals surface area (Å²) in [6, 6.07) is 6.64. The second-order valence-electron chi connectivity index (χ2n) is 6.82. The van der Waals surface area contributed by atoms with Gasteiger partial charge in [-0.25, -0.2) is 0 Å². The van der Waals surface area contributed by atoms with Crippen molar-refractivity contribution in [3.63, 3.8) is 0 Å². The fraction of sp³-hybridized carbons (Fsp3) is 0.632. The van der Waals surface area contributed by atoms with Crippen molar-refractivity contribution in [1.82, 2.24) is 4.90 Å². The van der Waals surface area contributed by atoms with E-state index in [1.54, 1.807) is 0 Å². The molecule has 0 aromatic heterocycles. The molecule has 0 radical (unpaired) electrons. The van der Waals surface area contributed by atoms with Crippen LogP contribution in [-0.2, 0) is 9.53 Å². The van der Waals surface area contributed by atoms with E-state index in [4.69, 9.17) is 4.74 Å². The van der Waals surface area contributed by atoms with Gasteiger partial charge in [0.1, 0.15) is 0 Å². The summed E-state index contributed by atoms with van der Waals surface area (Å²) in [4.78, 5) is 17.2. The van der Waals surface area contributed by atoms with Crippen LogP contribution in [0.1, 0.15) is 30.4 Å². The highest BCUT2D eigenvalue weighted by atomic mass is 16.5. The van der Waals surface area contributed by atoms with Crippen LogP contribution in [0.25, 0.3) is 0 Å². The molecule has 126 valence electrons. The minimum Gasteiger partial charge on any atom is -0.381 e. The van der Waals surface area contributed by atoms with Gasteiger partial charge in [0.05, 0.1) is 0 Å². The number of aryl methyl sites for hydroxylation is 2. The van der Waals surface area contributed by atoms with Crippen LogP contribution in [0.2, 0.25) is 0 Å². The molecule has 0 aliphatic carbocycles. The molecule has 23 heavy (non-hydrogen) atoms. The third-order valence-electron chi connectivity index (χ3n) is 5.25. The van der Waals surface area contributed by atoms with Gasteiger partial charge in [0, 0.05) is 51.0 Å². The predicted molar refractivity (Wildman–Crippen MR) is 92.9 cm³/mol. The van der Waals surface area contributed by atoms with Crippen molar-refractivity contribution in [1.29, 1.82) is 0 Å². The van der Waals surface area contributed by atoms with Crippen molar-refractivity contribution < 1.29 is 9.53 Å². The fourth-order valence-corrected chi connectivity index (χ4v) is 3.52. The zero-order valence-electron chi connectivity index (χ0n) is 14.4. The number of carbonyl (C=O) groups is 1. The van der Waals surface area contributed by atoms with Gasteiger partial charge < -0.3 is 14.5 Å². The van der Waals surface area contributed by atoms with Crippen molar-refractivity contribution in [2.24, 2.45) is 5.92 Å². The molecule has 2 aliphatic rings. The molecule has 2 saturated heterocycles.